The molecule has 1 heterocycles. The van der Waals surface area contributed by atoms with Crippen LogP contribution in [0.4, 0.5) is 0 Å². The van der Waals surface area contributed by atoms with E-state index in [2.05, 4.69) is 10.1 Å². The van der Waals surface area contributed by atoms with Crippen LogP contribution in [0.2, 0.25) is 0 Å². The number of carboxylic acids is 2. The van der Waals surface area contributed by atoms with Crippen molar-refractivity contribution in [2.45, 2.75) is 37.8 Å². The van der Waals surface area contributed by atoms with Gasteiger partial charge in [-0.15, -0.1) is 0 Å². The van der Waals surface area contributed by atoms with Gasteiger partial charge < -0.3 is 26.0 Å². The smallest absolute Gasteiger partial charge is 0.322 e. The van der Waals surface area contributed by atoms with Crippen LogP contribution in [0.3, 0.4) is 0 Å². The molecule has 1 rings (SSSR count). The molecule has 2 atom stereocenters. The Labute approximate surface area is 110 Å². The van der Waals surface area contributed by atoms with E-state index in [1.54, 1.807) is 0 Å². The van der Waals surface area contributed by atoms with E-state index < -0.39 is 23.9 Å². The maximum absolute atomic E-state index is 10.6. The second-order valence-corrected chi connectivity index (χ2v) is 4.05. The Kier molecular flexibility index (Phi) is 8.47. The third-order valence-electron chi connectivity index (χ3n) is 2.53. The number of nitrogens with one attached hydrogen (secondary N) is 1. The summed E-state index contributed by atoms with van der Waals surface area (Å²) in [5, 5.41) is 19.4. The van der Waals surface area contributed by atoms with Gasteiger partial charge in [0.15, 0.2) is 0 Å². The van der Waals surface area contributed by atoms with Gasteiger partial charge in [0.2, 0.25) is 0 Å². The number of methoxy groups -OCH3 is 1. The molecule has 110 valence electrons. The monoisotopic (exact) mass is 276 g/mol. The normalized spacial score (nSPS) is 18.9. The van der Waals surface area contributed by atoms with Crippen molar-refractivity contribution in [1.29, 1.82) is 0 Å². The summed E-state index contributed by atoms with van der Waals surface area (Å²) in [6.07, 6.45) is 1.78. The summed E-state index contributed by atoms with van der Waals surface area (Å²) in [7, 11) is 1.21. The molecule has 0 radical (unpaired) electrons. The van der Waals surface area contributed by atoms with Crippen molar-refractivity contribution >= 4 is 17.9 Å². The number of aliphatic carboxylic acids is 2. The van der Waals surface area contributed by atoms with Crippen molar-refractivity contribution in [3.05, 3.63) is 0 Å². The summed E-state index contributed by atoms with van der Waals surface area (Å²) in [5.74, 6) is -2.27. The van der Waals surface area contributed by atoms with Gasteiger partial charge in [0, 0.05) is 6.42 Å². The number of carbonyl (C=O) groups is 3. The first-order valence-electron chi connectivity index (χ1n) is 5.89. The van der Waals surface area contributed by atoms with E-state index in [9.17, 15) is 14.4 Å². The molecule has 0 aromatic rings. The molecule has 0 amide bonds. The van der Waals surface area contributed by atoms with Crippen LogP contribution >= 0.6 is 0 Å². The molecule has 8 nitrogen and oxygen atoms in total. The standard InChI is InChI=1S/C6H11NO4.C5H9NO2/c1-11-6(10)4(7)2-3-5(8)9;7-5(8)4-2-1-3-6-4/h4H,2-3,7H2,1H3,(H,8,9);4,6H,1-3H2,(H,7,8)/t;4-/m.0/s1. The van der Waals surface area contributed by atoms with Crippen LogP contribution < -0.4 is 11.1 Å². The molecule has 0 saturated carbocycles. The van der Waals surface area contributed by atoms with E-state index in [1.807, 2.05) is 0 Å². The molecule has 1 aliphatic rings. The molecule has 1 unspecified atom stereocenters. The number of hydrogen-bond acceptors (Lipinski definition) is 6. The van der Waals surface area contributed by atoms with E-state index in [4.69, 9.17) is 15.9 Å². The van der Waals surface area contributed by atoms with Gasteiger partial charge in [-0.2, -0.15) is 0 Å². The van der Waals surface area contributed by atoms with Crippen molar-refractivity contribution in [2.24, 2.45) is 5.73 Å². The third-order valence-corrected chi connectivity index (χ3v) is 2.53. The van der Waals surface area contributed by atoms with Crippen molar-refractivity contribution in [1.82, 2.24) is 5.32 Å². The van der Waals surface area contributed by atoms with Crippen molar-refractivity contribution < 1.29 is 29.3 Å². The van der Waals surface area contributed by atoms with E-state index >= 15 is 0 Å². The molecule has 1 fully saturated rings. The zero-order valence-electron chi connectivity index (χ0n) is 10.8. The summed E-state index contributed by atoms with van der Waals surface area (Å²) in [6.45, 7) is 0.858. The van der Waals surface area contributed by atoms with Crippen molar-refractivity contribution in [3.8, 4) is 0 Å². The average Bonchev–Trinajstić information content (AvgIpc) is 2.89. The predicted octanol–water partition coefficient (Wildman–Crippen LogP) is -0.825. The molecule has 1 aliphatic heterocycles. The Hall–Kier alpha value is -1.67. The van der Waals surface area contributed by atoms with Crippen LogP contribution in [0.1, 0.15) is 25.7 Å². The molecule has 8 heteroatoms. The Morgan fingerprint density at radius 1 is 1.42 bits per heavy atom. The van der Waals surface area contributed by atoms with Gasteiger partial charge in [-0.1, -0.05) is 0 Å². The number of nitrogens with two attached hydrogens (primary N) is 1. The maximum Gasteiger partial charge on any atom is 0.322 e. The first-order chi connectivity index (χ1) is 8.88. The summed E-state index contributed by atoms with van der Waals surface area (Å²) >= 11 is 0. The second kappa shape index (κ2) is 9.29. The molecular formula is C11H20N2O6. The van der Waals surface area contributed by atoms with Gasteiger partial charge >= 0.3 is 17.9 Å². The highest BCUT2D eigenvalue weighted by Crippen LogP contribution is 2.03. The SMILES string of the molecule is COC(=O)C(N)CCC(=O)O.O=C(O)[C@@H]1CCCN1. The molecule has 19 heavy (non-hydrogen) atoms. The topological polar surface area (TPSA) is 139 Å². The molecule has 0 spiro atoms. The quantitative estimate of drug-likeness (QED) is 0.477. The van der Waals surface area contributed by atoms with Gasteiger partial charge in [0.05, 0.1) is 7.11 Å². The van der Waals surface area contributed by atoms with Gasteiger partial charge in [0.1, 0.15) is 12.1 Å². The van der Waals surface area contributed by atoms with Crippen molar-refractivity contribution in [3.63, 3.8) is 0 Å². The van der Waals surface area contributed by atoms with E-state index in [-0.39, 0.29) is 18.9 Å². The highest BCUT2D eigenvalue weighted by Gasteiger charge is 2.20. The van der Waals surface area contributed by atoms with Crippen molar-refractivity contribution in [2.75, 3.05) is 13.7 Å². The first-order valence-corrected chi connectivity index (χ1v) is 5.89. The van der Waals surface area contributed by atoms with Crippen LogP contribution in [-0.4, -0.2) is 53.9 Å². The molecule has 0 aliphatic carbocycles. The Morgan fingerprint density at radius 3 is 2.37 bits per heavy atom. The average molecular weight is 276 g/mol. The molecule has 0 bridgehead atoms. The first kappa shape index (κ1) is 17.3. The zero-order valence-corrected chi connectivity index (χ0v) is 10.8. The minimum atomic E-state index is -0.968. The summed E-state index contributed by atoms with van der Waals surface area (Å²) < 4.78 is 4.29. The minimum absolute atomic E-state index is 0.113. The lowest BCUT2D eigenvalue weighted by atomic mass is 10.2. The zero-order chi connectivity index (χ0) is 14.8. The molecule has 0 aromatic carbocycles. The van der Waals surface area contributed by atoms with Gasteiger partial charge in [-0.25, -0.2) is 0 Å². The number of carboxylic acid groups (broad SMARTS) is 2. The fourth-order valence-electron chi connectivity index (χ4n) is 1.44. The number of carbonyl (C=O) groups excluding carboxylic acids is 1. The number of rotatable bonds is 5. The lowest BCUT2D eigenvalue weighted by Crippen LogP contribution is -2.31. The van der Waals surface area contributed by atoms with Crippen LogP contribution in [0.15, 0.2) is 0 Å². The Morgan fingerprint density at radius 2 is 2.05 bits per heavy atom. The van der Waals surface area contributed by atoms with Crippen LogP contribution in [0.5, 0.6) is 0 Å². The lowest BCUT2D eigenvalue weighted by Gasteiger charge is -2.05. The Bertz CT molecular complexity index is 314. The molecule has 1 saturated heterocycles. The number of hydrogen-bond donors (Lipinski definition) is 4. The summed E-state index contributed by atoms with van der Waals surface area (Å²) in [5.41, 5.74) is 5.24. The van der Waals surface area contributed by atoms with E-state index in [0.717, 1.165) is 19.4 Å². The number of esters is 1. The van der Waals surface area contributed by atoms with Crippen LogP contribution in [0.25, 0.3) is 0 Å². The molecule has 5 N–H and O–H groups in total. The van der Waals surface area contributed by atoms with E-state index in [0.29, 0.717) is 0 Å². The van der Waals surface area contributed by atoms with Gasteiger partial charge in [-0.05, 0) is 25.8 Å². The predicted molar refractivity (Wildman–Crippen MR) is 65.5 cm³/mol. The van der Waals surface area contributed by atoms with Crippen LogP contribution in [0, 0.1) is 0 Å². The second-order valence-electron chi connectivity index (χ2n) is 4.05. The highest BCUT2D eigenvalue weighted by molar-refractivity contribution is 5.76. The maximum atomic E-state index is 10.6. The van der Waals surface area contributed by atoms with E-state index in [1.165, 1.54) is 7.11 Å². The van der Waals surface area contributed by atoms with Gasteiger partial charge in [0.25, 0.3) is 0 Å². The summed E-state index contributed by atoms with van der Waals surface area (Å²) in [6, 6.07) is -1.09. The summed E-state index contributed by atoms with van der Waals surface area (Å²) in [4.78, 5) is 30.7. The Balaban J connectivity index is 0.000000356. The fourth-order valence-corrected chi connectivity index (χ4v) is 1.44. The van der Waals surface area contributed by atoms with Crippen LogP contribution in [-0.2, 0) is 19.1 Å². The molecule has 0 aromatic heterocycles. The third kappa shape index (κ3) is 8.11. The largest absolute Gasteiger partial charge is 0.481 e. The highest BCUT2D eigenvalue weighted by atomic mass is 16.5. The lowest BCUT2D eigenvalue weighted by molar-refractivity contribution is -0.143. The van der Waals surface area contributed by atoms with Gasteiger partial charge in [-0.3, -0.25) is 14.4 Å². The number of ether oxygens (including phenoxy) is 1. The minimum Gasteiger partial charge on any atom is -0.481 e. The molecular weight excluding hydrogens is 256 g/mol. The fraction of sp³-hybridized carbons (Fsp3) is 0.727.